The lowest BCUT2D eigenvalue weighted by Gasteiger charge is -2.36. The lowest BCUT2D eigenvalue weighted by molar-refractivity contribution is 0.276. The van der Waals surface area contributed by atoms with Gasteiger partial charge in [0.15, 0.2) is 8.32 Å². The largest absolute Gasteiger partial charge is 0.413 e. The average molecular weight is 374 g/mol. The van der Waals surface area contributed by atoms with Crippen LogP contribution >= 0.6 is 22.6 Å². The first kappa shape index (κ1) is 15.9. The summed E-state index contributed by atoms with van der Waals surface area (Å²) in [6, 6.07) is 8.58. The van der Waals surface area contributed by atoms with Crippen molar-refractivity contribution in [1.29, 1.82) is 0 Å². The van der Waals surface area contributed by atoms with Gasteiger partial charge in [0.1, 0.15) is 0 Å². The van der Waals surface area contributed by atoms with Gasteiger partial charge in [-0.15, -0.1) is 0 Å². The maximum Gasteiger partial charge on any atom is 0.192 e. The molecule has 0 amide bonds. The van der Waals surface area contributed by atoms with Crippen molar-refractivity contribution in [1.82, 2.24) is 0 Å². The molecule has 0 aromatic heterocycles. The van der Waals surface area contributed by atoms with E-state index in [-0.39, 0.29) is 5.04 Å². The number of hydrogen-bond acceptors (Lipinski definition) is 1. The predicted octanol–water partition coefficient (Wildman–Crippen LogP) is 5.61. The Hall–Kier alpha value is -0.133. The molecule has 0 fully saturated rings. The van der Waals surface area contributed by atoms with Crippen LogP contribution in [0.5, 0.6) is 0 Å². The summed E-state index contributed by atoms with van der Waals surface area (Å²) in [5.74, 6) is 0. The SMILES string of the molecule is CC(C)(C)[Si](C)(C)OCc1ccc(/C=C/I)cc1. The van der Waals surface area contributed by atoms with Crippen LogP contribution in [0.2, 0.25) is 18.1 Å². The normalized spacial score (nSPS) is 13.2. The Kier molecular flexibility index (Phi) is 5.61. The maximum absolute atomic E-state index is 6.20. The molecule has 0 atom stereocenters. The molecule has 0 unspecified atom stereocenters. The van der Waals surface area contributed by atoms with Gasteiger partial charge in [0.05, 0.1) is 6.61 Å². The highest BCUT2D eigenvalue weighted by Crippen LogP contribution is 2.37. The highest BCUT2D eigenvalue weighted by atomic mass is 127. The van der Waals surface area contributed by atoms with Crippen LogP contribution in [0, 0.1) is 0 Å². The summed E-state index contributed by atoms with van der Waals surface area (Å²) >= 11 is 2.24. The van der Waals surface area contributed by atoms with Crippen LogP contribution in [0.4, 0.5) is 0 Å². The zero-order valence-electron chi connectivity index (χ0n) is 12.0. The molecule has 0 radical (unpaired) electrons. The second kappa shape index (κ2) is 6.35. The third-order valence-electron chi connectivity index (χ3n) is 3.64. The van der Waals surface area contributed by atoms with E-state index in [1.165, 1.54) is 11.1 Å². The van der Waals surface area contributed by atoms with Gasteiger partial charge in [0, 0.05) is 0 Å². The van der Waals surface area contributed by atoms with E-state index < -0.39 is 8.32 Å². The van der Waals surface area contributed by atoms with Crippen LogP contribution in [0.1, 0.15) is 31.9 Å². The van der Waals surface area contributed by atoms with Gasteiger partial charge in [-0.1, -0.05) is 67.6 Å². The molecule has 0 saturated carbocycles. The molecule has 0 bridgehead atoms. The lowest BCUT2D eigenvalue weighted by Crippen LogP contribution is -2.40. The Labute approximate surface area is 126 Å². The minimum Gasteiger partial charge on any atom is -0.413 e. The van der Waals surface area contributed by atoms with E-state index >= 15 is 0 Å². The van der Waals surface area contributed by atoms with E-state index in [4.69, 9.17) is 4.43 Å². The van der Waals surface area contributed by atoms with Crippen molar-refractivity contribution in [3.8, 4) is 0 Å². The zero-order valence-corrected chi connectivity index (χ0v) is 15.1. The summed E-state index contributed by atoms with van der Waals surface area (Å²) in [6.07, 6.45) is 2.10. The predicted molar refractivity (Wildman–Crippen MR) is 91.5 cm³/mol. The average Bonchev–Trinajstić information content (AvgIpc) is 2.27. The summed E-state index contributed by atoms with van der Waals surface area (Å²) in [5, 5.41) is 0.275. The Bertz CT molecular complexity index is 401. The fraction of sp³-hybridized carbons (Fsp3) is 0.467. The third-order valence-corrected chi connectivity index (χ3v) is 8.48. The van der Waals surface area contributed by atoms with Gasteiger partial charge in [-0.2, -0.15) is 0 Å². The quantitative estimate of drug-likeness (QED) is 0.491. The van der Waals surface area contributed by atoms with Gasteiger partial charge in [0.25, 0.3) is 0 Å². The van der Waals surface area contributed by atoms with E-state index in [0.717, 1.165) is 6.61 Å². The molecule has 0 N–H and O–H groups in total. The molecule has 1 aromatic rings. The smallest absolute Gasteiger partial charge is 0.192 e. The van der Waals surface area contributed by atoms with Gasteiger partial charge in [-0.25, -0.2) is 0 Å². The summed E-state index contributed by atoms with van der Waals surface area (Å²) in [6.45, 7) is 12.1. The summed E-state index contributed by atoms with van der Waals surface area (Å²) in [4.78, 5) is 0. The molecule has 18 heavy (non-hydrogen) atoms. The molecule has 0 aliphatic carbocycles. The van der Waals surface area contributed by atoms with Crippen LogP contribution in [0.3, 0.4) is 0 Å². The van der Waals surface area contributed by atoms with Crippen molar-refractivity contribution in [2.45, 2.75) is 45.5 Å². The Morgan fingerprint density at radius 2 is 1.72 bits per heavy atom. The second-order valence-electron chi connectivity index (χ2n) is 6.08. The molecule has 1 aromatic carbocycles. The van der Waals surface area contributed by atoms with Crippen molar-refractivity contribution in [2.75, 3.05) is 0 Å². The summed E-state index contributed by atoms with van der Waals surface area (Å²) < 4.78 is 8.23. The van der Waals surface area contributed by atoms with Gasteiger partial charge in [0.2, 0.25) is 0 Å². The van der Waals surface area contributed by atoms with Crippen LogP contribution in [0.15, 0.2) is 28.3 Å². The van der Waals surface area contributed by atoms with Crippen LogP contribution in [-0.4, -0.2) is 8.32 Å². The molecule has 3 heteroatoms. The minimum absolute atomic E-state index is 0.275. The number of rotatable bonds is 4. The molecule has 0 heterocycles. The molecule has 1 nitrogen and oxygen atoms in total. The van der Waals surface area contributed by atoms with E-state index in [0.29, 0.717) is 0 Å². The van der Waals surface area contributed by atoms with Crippen LogP contribution in [-0.2, 0) is 11.0 Å². The number of benzene rings is 1. The number of hydrogen-bond donors (Lipinski definition) is 0. The highest BCUT2D eigenvalue weighted by molar-refractivity contribution is 14.1. The number of halogens is 1. The molecule has 0 aliphatic rings. The monoisotopic (exact) mass is 374 g/mol. The molecule has 100 valence electrons. The van der Waals surface area contributed by atoms with Crippen molar-refractivity contribution >= 4 is 37.0 Å². The first-order chi connectivity index (χ1) is 8.26. The molecule has 0 saturated heterocycles. The van der Waals surface area contributed by atoms with Crippen LogP contribution < -0.4 is 0 Å². The van der Waals surface area contributed by atoms with Crippen molar-refractivity contribution < 1.29 is 4.43 Å². The Balaban J connectivity index is 2.64. The van der Waals surface area contributed by atoms with Gasteiger partial charge in [-0.3, -0.25) is 0 Å². The first-order valence-electron chi connectivity index (χ1n) is 6.26. The van der Waals surface area contributed by atoms with Crippen molar-refractivity contribution in [2.24, 2.45) is 0 Å². The molecule has 1 rings (SSSR count). The van der Waals surface area contributed by atoms with Gasteiger partial charge >= 0.3 is 0 Å². The van der Waals surface area contributed by atoms with E-state index in [1.54, 1.807) is 0 Å². The van der Waals surface area contributed by atoms with E-state index in [2.05, 4.69) is 86.8 Å². The summed E-state index contributed by atoms with van der Waals surface area (Å²) in [5.41, 5.74) is 2.49. The first-order valence-corrected chi connectivity index (χ1v) is 10.4. The fourth-order valence-corrected chi connectivity index (χ4v) is 2.65. The molecular weight excluding hydrogens is 351 g/mol. The fourth-order valence-electron chi connectivity index (χ4n) is 1.28. The van der Waals surface area contributed by atoms with E-state index in [9.17, 15) is 0 Å². The lowest BCUT2D eigenvalue weighted by atomic mass is 10.1. The minimum atomic E-state index is -1.63. The topological polar surface area (TPSA) is 9.23 Å². The summed E-state index contributed by atoms with van der Waals surface area (Å²) in [7, 11) is -1.63. The molecule has 0 spiro atoms. The standard InChI is InChI=1S/C15H23IOSi/c1-15(2,3)18(4,5)17-12-14-8-6-13(7-9-14)10-11-16/h6-11H,12H2,1-5H3/b11-10+. The Morgan fingerprint density at radius 3 is 2.17 bits per heavy atom. The maximum atomic E-state index is 6.20. The van der Waals surface area contributed by atoms with Gasteiger partial charge in [-0.05, 0) is 39.4 Å². The third kappa shape index (κ3) is 4.52. The Morgan fingerprint density at radius 1 is 1.17 bits per heavy atom. The molecule has 0 aliphatic heterocycles. The highest BCUT2D eigenvalue weighted by Gasteiger charge is 2.36. The van der Waals surface area contributed by atoms with Gasteiger partial charge < -0.3 is 4.43 Å². The second-order valence-corrected chi connectivity index (χ2v) is 11.6. The zero-order chi connectivity index (χ0) is 13.8. The van der Waals surface area contributed by atoms with E-state index in [1.807, 2.05) is 4.08 Å². The van der Waals surface area contributed by atoms with Crippen molar-refractivity contribution in [3.05, 3.63) is 39.5 Å². The van der Waals surface area contributed by atoms with Crippen molar-refractivity contribution in [3.63, 3.8) is 0 Å². The molecular formula is C15H23IOSi. The van der Waals surface area contributed by atoms with Crippen LogP contribution in [0.25, 0.3) is 6.08 Å².